The van der Waals surface area contributed by atoms with Gasteiger partial charge in [0.2, 0.25) is 0 Å². The van der Waals surface area contributed by atoms with Crippen LogP contribution in [-0.2, 0) is 19.5 Å². The van der Waals surface area contributed by atoms with Crippen molar-refractivity contribution >= 4 is 5.97 Å². The first-order valence-electron chi connectivity index (χ1n) is 10.5. The van der Waals surface area contributed by atoms with E-state index in [2.05, 4.69) is 32.7 Å². The normalized spacial score (nSPS) is 12.3. The molecule has 0 radical (unpaired) electrons. The molecule has 2 aromatic rings. The van der Waals surface area contributed by atoms with E-state index in [1.54, 1.807) is 12.1 Å². The highest BCUT2D eigenvalue weighted by Gasteiger charge is 2.16. The van der Waals surface area contributed by atoms with Gasteiger partial charge in [-0.2, -0.15) is 0 Å². The summed E-state index contributed by atoms with van der Waals surface area (Å²) in [5.41, 5.74) is 4.32. The van der Waals surface area contributed by atoms with Crippen LogP contribution in [0.3, 0.4) is 0 Å². The van der Waals surface area contributed by atoms with Crippen molar-refractivity contribution in [2.75, 3.05) is 7.05 Å². The number of unbranched alkanes of at least 4 members (excludes halogenated alkanes) is 1. The quantitative estimate of drug-likeness (QED) is 0.644. The molecule has 29 heavy (non-hydrogen) atoms. The maximum Gasteiger partial charge on any atom is 0.335 e. The Morgan fingerprint density at radius 3 is 2.41 bits per heavy atom. The minimum atomic E-state index is -0.926. The molecule has 1 atom stereocenters. The van der Waals surface area contributed by atoms with Gasteiger partial charge in [0, 0.05) is 30.4 Å². The average Bonchev–Trinajstić information content (AvgIpc) is 2.69. The summed E-state index contributed by atoms with van der Waals surface area (Å²) in [6, 6.07) is 9.34. The number of aromatic carboxylic acids is 1. The second-order valence-corrected chi connectivity index (χ2v) is 8.07. The van der Waals surface area contributed by atoms with Gasteiger partial charge in [0.05, 0.1) is 5.56 Å². The Bertz CT molecular complexity index is 884. The molecule has 1 heterocycles. The summed E-state index contributed by atoms with van der Waals surface area (Å²) >= 11 is 0. The first-order valence-corrected chi connectivity index (χ1v) is 10.5. The topological polar surface area (TPSA) is 62.5 Å². The fraction of sp³-hybridized carbons (Fsp3) is 0.500. The molecular weight excluding hydrogens is 364 g/mol. The van der Waals surface area contributed by atoms with Gasteiger partial charge in [-0.1, -0.05) is 31.9 Å². The molecule has 5 heteroatoms. The zero-order valence-electron chi connectivity index (χ0n) is 18.4. The van der Waals surface area contributed by atoms with Gasteiger partial charge >= 0.3 is 5.97 Å². The predicted octanol–water partition coefficient (Wildman–Crippen LogP) is 4.42. The molecule has 1 N–H and O–H groups in total. The molecular formula is C24H34N2O3. The van der Waals surface area contributed by atoms with Crippen LogP contribution in [0.2, 0.25) is 0 Å². The van der Waals surface area contributed by atoms with Crippen molar-refractivity contribution in [1.29, 1.82) is 0 Å². The summed E-state index contributed by atoms with van der Waals surface area (Å²) < 4.78 is 1.90. The van der Waals surface area contributed by atoms with Crippen molar-refractivity contribution in [3.63, 3.8) is 0 Å². The van der Waals surface area contributed by atoms with E-state index in [-0.39, 0.29) is 11.1 Å². The lowest BCUT2D eigenvalue weighted by molar-refractivity contribution is 0.0697. The summed E-state index contributed by atoms with van der Waals surface area (Å²) in [5, 5.41) is 9.05. The van der Waals surface area contributed by atoms with E-state index in [0.717, 1.165) is 35.3 Å². The smallest absolute Gasteiger partial charge is 0.335 e. The zero-order valence-corrected chi connectivity index (χ0v) is 18.4. The van der Waals surface area contributed by atoms with E-state index in [9.17, 15) is 9.59 Å². The summed E-state index contributed by atoms with van der Waals surface area (Å²) in [6.07, 6.45) is 4.23. The maximum atomic E-state index is 12.9. The SMILES string of the molecule is CCCC[C@H](C)N(C)Cc1c(C)cc(C)c(=O)n1CCc1ccc(C(=O)O)cc1. The molecule has 1 aromatic heterocycles. The maximum absolute atomic E-state index is 12.9. The number of nitrogens with zero attached hydrogens (tertiary/aromatic N) is 2. The van der Waals surface area contributed by atoms with Crippen LogP contribution in [0.1, 0.15) is 65.9 Å². The van der Waals surface area contributed by atoms with E-state index in [1.165, 1.54) is 12.8 Å². The molecule has 0 aliphatic carbocycles. The highest BCUT2D eigenvalue weighted by Crippen LogP contribution is 2.15. The van der Waals surface area contributed by atoms with Crippen LogP contribution >= 0.6 is 0 Å². The minimum absolute atomic E-state index is 0.0577. The molecule has 0 bridgehead atoms. The molecule has 2 rings (SSSR count). The molecule has 158 valence electrons. The average molecular weight is 399 g/mol. The second-order valence-electron chi connectivity index (χ2n) is 8.07. The fourth-order valence-corrected chi connectivity index (χ4v) is 3.63. The number of benzene rings is 1. The Kier molecular flexibility index (Phi) is 8.21. The summed E-state index contributed by atoms with van der Waals surface area (Å²) in [5.74, 6) is -0.926. The summed E-state index contributed by atoms with van der Waals surface area (Å²) in [6.45, 7) is 9.71. The number of aromatic nitrogens is 1. The van der Waals surface area contributed by atoms with Crippen LogP contribution < -0.4 is 5.56 Å². The molecule has 0 unspecified atom stereocenters. The Morgan fingerprint density at radius 1 is 1.17 bits per heavy atom. The van der Waals surface area contributed by atoms with Crippen LogP contribution in [0.25, 0.3) is 0 Å². The molecule has 0 spiro atoms. The van der Waals surface area contributed by atoms with Crippen LogP contribution in [0.5, 0.6) is 0 Å². The van der Waals surface area contributed by atoms with Gasteiger partial charge in [0.25, 0.3) is 5.56 Å². The Balaban J connectivity index is 2.23. The molecule has 0 aliphatic rings. The third-order valence-electron chi connectivity index (χ3n) is 5.75. The third-order valence-corrected chi connectivity index (χ3v) is 5.75. The highest BCUT2D eigenvalue weighted by atomic mass is 16.4. The number of hydrogen-bond acceptors (Lipinski definition) is 3. The molecule has 0 fully saturated rings. The van der Waals surface area contributed by atoms with Crippen molar-refractivity contribution in [3.8, 4) is 0 Å². The first kappa shape index (κ1) is 22.9. The van der Waals surface area contributed by atoms with Gasteiger partial charge in [-0.25, -0.2) is 4.79 Å². The second kappa shape index (κ2) is 10.4. The fourth-order valence-electron chi connectivity index (χ4n) is 3.63. The lowest BCUT2D eigenvalue weighted by Crippen LogP contribution is -2.34. The largest absolute Gasteiger partial charge is 0.478 e. The van der Waals surface area contributed by atoms with Crippen molar-refractivity contribution in [1.82, 2.24) is 9.47 Å². The number of pyridine rings is 1. The zero-order chi connectivity index (χ0) is 21.6. The third kappa shape index (κ3) is 6.04. The van der Waals surface area contributed by atoms with E-state index in [1.807, 2.05) is 29.7 Å². The molecule has 0 saturated carbocycles. The number of carboxylic acids is 1. The van der Waals surface area contributed by atoms with Crippen molar-refractivity contribution in [3.05, 3.63) is 68.6 Å². The standard InChI is InChI=1S/C24H34N2O3/c1-6-7-8-19(4)25(5)16-22-17(2)15-18(3)23(27)26(22)14-13-20-9-11-21(12-10-20)24(28)29/h9-12,15,19H,6-8,13-14,16H2,1-5H3,(H,28,29)/t19-/m0/s1. The van der Waals surface area contributed by atoms with Gasteiger partial charge in [-0.15, -0.1) is 0 Å². The van der Waals surface area contributed by atoms with E-state index >= 15 is 0 Å². The summed E-state index contributed by atoms with van der Waals surface area (Å²) in [4.78, 5) is 26.3. The van der Waals surface area contributed by atoms with Gasteiger partial charge < -0.3 is 9.67 Å². The summed E-state index contributed by atoms with van der Waals surface area (Å²) in [7, 11) is 2.12. The van der Waals surface area contributed by atoms with Crippen molar-refractivity contribution in [2.24, 2.45) is 0 Å². The monoisotopic (exact) mass is 398 g/mol. The Hall–Kier alpha value is -2.40. The lowest BCUT2D eigenvalue weighted by Gasteiger charge is -2.27. The van der Waals surface area contributed by atoms with Crippen molar-refractivity contribution < 1.29 is 9.90 Å². The van der Waals surface area contributed by atoms with Gasteiger partial charge in [0.1, 0.15) is 0 Å². The Labute approximate surface area is 174 Å². The van der Waals surface area contributed by atoms with Gasteiger partial charge in [-0.3, -0.25) is 9.69 Å². The first-order chi connectivity index (χ1) is 13.7. The number of carbonyl (C=O) groups is 1. The van der Waals surface area contributed by atoms with Crippen LogP contribution in [0.4, 0.5) is 0 Å². The molecule has 0 aliphatic heterocycles. The van der Waals surface area contributed by atoms with Crippen molar-refractivity contribution in [2.45, 2.75) is 72.5 Å². The lowest BCUT2D eigenvalue weighted by atomic mass is 10.1. The number of rotatable bonds is 10. The number of carboxylic acid groups (broad SMARTS) is 1. The predicted molar refractivity (Wildman–Crippen MR) is 118 cm³/mol. The highest BCUT2D eigenvalue weighted by molar-refractivity contribution is 5.87. The molecule has 5 nitrogen and oxygen atoms in total. The van der Waals surface area contributed by atoms with Crippen LogP contribution in [0.15, 0.2) is 35.1 Å². The van der Waals surface area contributed by atoms with Gasteiger partial charge in [-0.05, 0) is 70.0 Å². The molecule has 1 aromatic carbocycles. The number of hydrogen-bond donors (Lipinski definition) is 1. The van der Waals surface area contributed by atoms with E-state index < -0.39 is 5.97 Å². The Morgan fingerprint density at radius 2 is 1.83 bits per heavy atom. The molecule has 0 saturated heterocycles. The van der Waals surface area contributed by atoms with E-state index in [4.69, 9.17) is 5.11 Å². The minimum Gasteiger partial charge on any atom is -0.478 e. The van der Waals surface area contributed by atoms with Gasteiger partial charge in [0.15, 0.2) is 0 Å². The molecule has 0 amide bonds. The number of aryl methyl sites for hydroxylation is 3. The van der Waals surface area contributed by atoms with E-state index in [0.29, 0.717) is 19.0 Å². The van der Waals surface area contributed by atoms with Crippen LogP contribution in [0, 0.1) is 13.8 Å². The van der Waals surface area contributed by atoms with Crippen LogP contribution in [-0.4, -0.2) is 33.6 Å².